The van der Waals surface area contributed by atoms with Crippen LogP contribution in [0.15, 0.2) is 0 Å². The zero-order valence-corrected chi connectivity index (χ0v) is 13.6. The maximum atomic E-state index is 11.4. The Labute approximate surface area is 138 Å². The molecule has 9 nitrogen and oxygen atoms in total. The monoisotopic (exact) mass is 342 g/mol. The van der Waals surface area contributed by atoms with Gasteiger partial charge in [0.25, 0.3) is 0 Å². The van der Waals surface area contributed by atoms with Gasteiger partial charge in [-0.3, -0.25) is 19.2 Å². The van der Waals surface area contributed by atoms with Crippen LogP contribution in [-0.2, 0) is 42.9 Å². The Hall–Kier alpha value is -2.60. The first kappa shape index (κ1) is 19.4. The van der Waals surface area contributed by atoms with Crippen LogP contribution >= 0.6 is 0 Å². The smallest absolute Gasteiger partial charge is 0.305 e. The maximum Gasteiger partial charge on any atom is 0.305 e. The molecule has 1 unspecified atom stereocenters. The fourth-order valence-electron chi connectivity index (χ4n) is 2.17. The summed E-state index contributed by atoms with van der Waals surface area (Å²) in [6.07, 6.45) is -0.956. The molecule has 24 heavy (non-hydrogen) atoms. The van der Waals surface area contributed by atoms with E-state index >= 15 is 0 Å². The van der Waals surface area contributed by atoms with Crippen molar-refractivity contribution in [1.82, 2.24) is 0 Å². The van der Waals surface area contributed by atoms with Gasteiger partial charge in [0.2, 0.25) is 12.4 Å². The third-order valence-corrected chi connectivity index (χ3v) is 2.85. The lowest BCUT2D eigenvalue weighted by Crippen LogP contribution is -2.44. The highest BCUT2D eigenvalue weighted by atomic mass is 16.8. The normalized spacial score (nSPS) is 26.6. The van der Waals surface area contributed by atoms with Crippen molar-refractivity contribution >= 4 is 23.9 Å². The zero-order valence-electron chi connectivity index (χ0n) is 13.6. The van der Waals surface area contributed by atoms with Crippen molar-refractivity contribution in [3.05, 3.63) is 0 Å². The molecule has 0 aromatic heterocycles. The molecule has 5 atom stereocenters. The predicted molar refractivity (Wildman–Crippen MR) is 75.9 cm³/mol. The van der Waals surface area contributed by atoms with Gasteiger partial charge < -0.3 is 23.7 Å². The van der Waals surface area contributed by atoms with Gasteiger partial charge in [-0.1, -0.05) is 5.92 Å². The number of hydrogen-bond donors (Lipinski definition) is 0. The summed E-state index contributed by atoms with van der Waals surface area (Å²) >= 11 is 0. The van der Waals surface area contributed by atoms with Crippen LogP contribution in [0.1, 0.15) is 27.7 Å². The van der Waals surface area contributed by atoms with E-state index in [2.05, 4.69) is 5.92 Å². The lowest BCUT2D eigenvalue weighted by molar-refractivity contribution is -0.199. The van der Waals surface area contributed by atoms with E-state index in [-0.39, 0.29) is 0 Å². The van der Waals surface area contributed by atoms with Gasteiger partial charge >= 0.3 is 23.9 Å². The molecule has 0 N–H and O–H groups in total. The molecule has 0 spiro atoms. The van der Waals surface area contributed by atoms with Gasteiger partial charge in [-0.25, -0.2) is 0 Å². The minimum absolute atomic E-state index is 0.692. The van der Waals surface area contributed by atoms with E-state index in [1.165, 1.54) is 0 Å². The first-order valence-corrected chi connectivity index (χ1v) is 6.96. The third-order valence-electron chi connectivity index (χ3n) is 2.85. The van der Waals surface area contributed by atoms with E-state index < -0.39 is 54.6 Å². The highest BCUT2D eigenvalue weighted by Gasteiger charge is 2.54. The standard InChI is InChI=1S/C15H18O9/c1-6-11(20-7(2)16)12-13(21-8(3)17)14(22-9(4)18)15(24-12)23-10(5)19/h1,11-15H,2-5H3/t11-,12+,13?,14+,15+/m0/s1. The first-order valence-electron chi connectivity index (χ1n) is 6.96. The van der Waals surface area contributed by atoms with Crippen molar-refractivity contribution in [2.24, 2.45) is 0 Å². The van der Waals surface area contributed by atoms with Gasteiger partial charge in [0.1, 0.15) is 0 Å². The van der Waals surface area contributed by atoms with E-state index in [1.54, 1.807) is 0 Å². The van der Waals surface area contributed by atoms with Gasteiger partial charge in [-0.15, -0.1) is 6.42 Å². The Balaban J connectivity index is 3.16. The summed E-state index contributed by atoms with van der Waals surface area (Å²) in [6.45, 7) is 4.49. The van der Waals surface area contributed by atoms with Crippen LogP contribution in [0.25, 0.3) is 0 Å². The summed E-state index contributed by atoms with van der Waals surface area (Å²) in [7, 11) is 0. The van der Waals surface area contributed by atoms with Crippen molar-refractivity contribution in [3.63, 3.8) is 0 Å². The van der Waals surface area contributed by atoms with Gasteiger partial charge in [0, 0.05) is 27.7 Å². The van der Waals surface area contributed by atoms with E-state index in [4.69, 9.17) is 30.1 Å². The maximum absolute atomic E-state index is 11.4. The molecular weight excluding hydrogens is 324 g/mol. The van der Waals surface area contributed by atoms with E-state index in [9.17, 15) is 19.2 Å². The van der Waals surface area contributed by atoms with Gasteiger partial charge in [-0.2, -0.15) is 0 Å². The Morgan fingerprint density at radius 2 is 1.38 bits per heavy atom. The zero-order chi connectivity index (χ0) is 18.4. The second-order valence-corrected chi connectivity index (χ2v) is 4.92. The molecule has 0 aliphatic carbocycles. The van der Waals surface area contributed by atoms with Crippen LogP contribution in [0, 0.1) is 12.3 Å². The van der Waals surface area contributed by atoms with Crippen LogP contribution in [0.2, 0.25) is 0 Å². The van der Waals surface area contributed by atoms with Crippen molar-refractivity contribution in [1.29, 1.82) is 0 Å². The molecule has 1 aliphatic rings. The average Bonchev–Trinajstić information content (AvgIpc) is 2.72. The predicted octanol–water partition coefficient (Wildman–Crippen LogP) is -0.297. The number of carbonyl (C=O) groups excluding carboxylic acids is 4. The molecular formula is C15H18O9. The van der Waals surface area contributed by atoms with E-state index in [1.807, 2.05) is 0 Å². The molecule has 132 valence electrons. The molecule has 1 aliphatic heterocycles. The Bertz CT molecular complexity index is 562. The molecule has 0 radical (unpaired) electrons. The van der Waals surface area contributed by atoms with E-state index in [0.29, 0.717) is 0 Å². The van der Waals surface area contributed by atoms with Crippen LogP contribution in [0.3, 0.4) is 0 Å². The van der Waals surface area contributed by atoms with Crippen LogP contribution < -0.4 is 0 Å². The molecule has 9 heteroatoms. The van der Waals surface area contributed by atoms with Crippen molar-refractivity contribution < 1.29 is 42.9 Å². The SMILES string of the molecule is C#C[C@H](OC(C)=O)[C@H]1O[C@@H](OC(C)=O)[C@H](OC(C)=O)C1OC(C)=O. The van der Waals surface area contributed by atoms with Gasteiger partial charge in [0.05, 0.1) is 0 Å². The number of carbonyl (C=O) groups is 4. The third kappa shape index (κ3) is 5.24. The quantitative estimate of drug-likeness (QED) is 0.377. The minimum Gasteiger partial charge on any atom is -0.455 e. The van der Waals surface area contributed by atoms with E-state index in [0.717, 1.165) is 27.7 Å². The average molecular weight is 342 g/mol. The van der Waals surface area contributed by atoms with Crippen molar-refractivity contribution in [2.45, 2.75) is 58.4 Å². The summed E-state index contributed by atoms with van der Waals surface area (Å²) in [5.74, 6) is -0.658. The van der Waals surface area contributed by atoms with Crippen molar-refractivity contribution in [2.75, 3.05) is 0 Å². The largest absolute Gasteiger partial charge is 0.455 e. The molecule has 1 rings (SSSR count). The van der Waals surface area contributed by atoms with Gasteiger partial charge in [0.15, 0.2) is 18.3 Å². The minimum atomic E-state index is -1.37. The number of rotatable bonds is 5. The summed E-state index contributed by atoms with van der Waals surface area (Å²) < 4.78 is 25.4. The molecule has 0 bridgehead atoms. The van der Waals surface area contributed by atoms with Crippen LogP contribution in [0.5, 0.6) is 0 Å². The first-order chi connectivity index (χ1) is 11.1. The lowest BCUT2D eigenvalue weighted by Gasteiger charge is -2.24. The van der Waals surface area contributed by atoms with Crippen molar-refractivity contribution in [3.8, 4) is 12.3 Å². The molecule has 0 aromatic rings. The number of esters is 4. The fourth-order valence-corrected chi connectivity index (χ4v) is 2.17. The Kier molecular flexibility index (Phi) is 6.73. The topological polar surface area (TPSA) is 114 Å². The molecule has 0 aromatic carbocycles. The number of ether oxygens (including phenoxy) is 5. The molecule has 1 saturated heterocycles. The highest BCUT2D eigenvalue weighted by Crippen LogP contribution is 2.31. The molecule has 0 saturated carbocycles. The van der Waals surface area contributed by atoms with Crippen LogP contribution in [-0.4, -0.2) is 54.6 Å². The highest BCUT2D eigenvalue weighted by molar-refractivity contribution is 5.69. The fraction of sp³-hybridized carbons (Fsp3) is 0.600. The summed E-state index contributed by atoms with van der Waals surface area (Å²) in [5, 5.41) is 0. The summed E-state index contributed by atoms with van der Waals surface area (Å²) in [5.41, 5.74) is 0. The Morgan fingerprint density at radius 1 is 0.875 bits per heavy atom. The number of terminal acetylenes is 1. The molecule has 1 heterocycles. The number of hydrogen-bond acceptors (Lipinski definition) is 9. The van der Waals surface area contributed by atoms with Gasteiger partial charge in [-0.05, 0) is 0 Å². The lowest BCUT2D eigenvalue weighted by atomic mass is 10.1. The molecule has 1 fully saturated rings. The van der Waals surface area contributed by atoms with Crippen LogP contribution in [0.4, 0.5) is 0 Å². The summed E-state index contributed by atoms with van der Waals surface area (Å²) in [6, 6.07) is 0. The second kappa shape index (κ2) is 8.31. The molecule has 0 amide bonds. The summed E-state index contributed by atoms with van der Waals surface area (Å²) in [4.78, 5) is 45.0. The Morgan fingerprint density at radius 3 is 1.79 bits per heavy atom. The second-order valence-electron chi connectivity index (χ2n) is 4.92.